The summed E-state index contributed by atoms with van der Waals surface area (Å²) in [5, 5.41) is 2.88. The van der Waals surface area contributed by atoms with Crippen molar-refractivity contribution in [1.29, 1.82) is 0 Å². The molecule has 144 valence electrons. The van der Waals surface area contributed by atoms with Crippen LogP contribution in [0.25, 0.3) is 0 Å². The van der Waals surface area contributed by atoms with Crippen LogP contribution in [0.1, 0.15) is 50.4 Å². The van der Waals surface area contributed by atoms with Crippen LogP contribution in [0.15, 0.2) is 30.0 Å². The molecule has 1 N–H and O–H groups in total. The molecule has 0 radical (unpaired) electrons. The van der Waals surface area contributed by atoms with Crippen molar-refractivity contribution < 1.29 is 23.9 Å². The van der Waals surface area contributed by atoms with Crippen LogP contribution >= 0.6 is 0 Å². The number of esters is 2. The van der Waals surface area contributed by atoms with Gasteiger partial charge in [-0.3, -0.25) is 4.79 Å². The Morgan fingerprint density at radius 1 is 1.11 bits per heavy atom. The van der Waals surface area contributed by atoms with E-state index < -0.39 is 17.7 Å². The fourth-order valence-corrected chi connectivity index (χ4v) is 3.23. The minimum atomic E-state index is -1.29. The molecule has 0 bridgehead atoms. The van der Waals surface area contributed by atoms with Gasteiger partial charge in [-0.25, -0.2) is 9.59 Å². The van der Waals surface area contributed by atoms with Crippen LogP contribution in [0.3, 0.4) is 0 Å². The lowest BCUT2D eigenvalue weighted by atomic mass is 10.1. The number of hydrogen-bond donors (Lipinski definition) is 1. The zero-order chi connectivity index (χ0) is 19.6. The summed E-state index contributed by atoms with van der Waals surface area (Å²) >= 11 is 0. The zero-order valence-electron chi connectivity index (χ0n) is 15.8. The van der Waals surface area contributed by atoms with E-state index in [4.69, 9.17) is 9.47 Å². The third kappa shape index (κ3) is 4.30. The number of Topliss-reactive ketones (excluding diaryl/α,β-unsaturated/α-hetero) is 1. The van der Waals surface area contributed by atoms with Crippen molar-refractivity contribution in [3.63, 3.8) is 0 Å². The van der Waals surface area contributed by atoms with Crippen molar-refractivity contribution in [2.45, 2.75) is 45.8 Å². The minimum Gasteiger partial charge on any atom is -0.419 e. The molecule has 2 saturated heterocycles. The number of nitrogens with zero attached hydrogens (tertiary/aromatic N) is 1. The molecule has 27 heavy (non-hydrogen) atoms. The monoisotopic (exact) mass is 372 g/mol. The topological polar surface area (TPSA) is 84.9 Å². The Kier molecular flexibility index (Phi) is 5.21. The van der Waals surface area contributed by atoms with Gasteiger partial charge in [-0.05, 0) is 44.4 Å². The van der Waals surface area contributed by atoms with Gasteiger partial charge in [0.2, 0.25) is 0 Å². The summed E-state index contributed by atoms with van der Waals surface area (Å²) in [5.74, 6) is -2.92. The molecule has 0 unspecified atom stereocenters. The van der Waals surface area contributed by atoms with Gasteiger partial charge in [-0.2, -0.15) is 0 Å². The lowest BCUT2D eigenvalue weighted by Crippen LogP contribution is -2.42. The number of benzene rings is 1. The molecule has 0 saturated carbocycles. The number of rotatable bonds is 4. The van der Waals surface area contributed by atoms with Crippen molar-refractivity contribution in [2.75, 3.05) is 23.3 Å². The molecule has 2 fully saturated rings. The van der Waals surface area contributed by atoms with Crippen LogP contribution in [0.2, 0.25) is 0 Å². The van der Waals surface area contributed by atoms with Gasteiger partial charge in [0.25, 0.3) is 5.79 Å². The van der Waals surface area contributed by atoms with Gasteiger partial charge in [0.15, 0.2) is 11.4 Å². The molecule has 0 spiro atoms. The first-order valence-electron chi connectivity index (χ1n) is 9.10. The quantitative estimate of drug-likeness (QED) is 0.376. The number of nitrogens with one attached hydrogen (secondary N) is 1. The Hall–Kier alpha value is -2.83. The third-order valence-corrected chi connectivity index (χ3v) is 4.59. The predicted octanol–water partition coefficient (Wildman–Crippen LogP) is 3.01. The summed E-state index contributed by atoms with van der Waals surface area (Å²) in [6, 6.07) is 5.55. The van der Waals surface area contributed by atoms with Gasteiger partial charge in [0.05, 0.1) is 0 Å². The molecule has 1 aromatic carbocycles. The van der Waals surface area contributed by atoms with Crippen LogP contribution in [0.5, 0.6) is 0 Å². The maximum absolute atomic E-state index is 12.1. The smallest absolute Gasteiger partial charge is 0.350 e. The normalized spacial score (nSPS) is 19.2. The van der Waals surface area contributed by atoms with Gasteiger partial charge < -0.3 is 19.7 Å². The summed E-state index contributed by atoms with van der Waals surface area (Å²) in [6.45, 7) is 6.41. The number of ether oxygens (including phenoxy) is 2. The first-order chi connectivity index (χ1) is 12.8. The van der Waals surface area contributed by atoms with E-state index in [9.17, 15) is 14.4 Å². The molecular formula is C20H24N2O5. The Bertz CT molecular complexity index is 785. The van der Waals surface area contributed by atoms with Crippen LogP contribution in [-0.4, -0.2) is 36.6 Å². The van der Waals surface area contributed by atoms with Crippen molar-refractivity contribution in [2.24, 2.45) is 0 Å². The van der Waals surface area contributed by atoms with Crippen LogP contribution in [-0.2, 0) is 19.1 Å². The maximum atomic E-state index is 12.1. The van der Waals surface area contributed by atoms with Gasteiger partial charge in [0, 0.05) is 50.1 Å². The SMILES string of the molecule is CC(=O)c1cc(N2CCCCC2)ccc1NC=C1C(=O)OC(C)(C)OC1=O. The average Bonchev–Trinajstić information content (AvgIpc) is 2.60. The van der Waals surface area contributed by atoms with E-state index in [-0.39, 0.29) is 11.4 Å². The number of carbonyl (C=O) groups excluding carboxylic acids is 3. The second-order valence-electron chi connectivity index (χ2n) is 7.22. The number of carbonyl (C=O) groups is 3. The fraction of sp³-hybridized carbons (Fsp3) is 0.450. The number of ketones is 1. The number of anilines is 2. The maximum Gasteiger partial charge on any atom is 0.350 e. The molecule has 1 aromatic rings. The summed E-state index contributed by atoms with van der Waals surface area (Å²) in [4.78, 5) is 38.4. The molecule has 7 nitrogen and oxygen atoms in total. The highest BCUT2D eigenvalue weighted by Crippen LogP contribution is 2.27. The first kappa shape index (κ1) is 18.9. The summed E-state index contributed by atoms with van der Waals surface area (Å²) in [5.41, 5.74) is 1.76. The number of hydrogen-bond acceptors (Lipinski definition) is 7. The molecule has 0 amide bonds. The lowest BCUT2D eigenvalue weighted by Gasteiger charge is -2.30. The second kappa shape index (κ2) is 7.42. The van der Waals surface area contributed by atoms with E-state index in [0.29, 0.717) is 11.3 Å². The van der Waals surface area contributed by atoms with Gasteiger partial charge in [-0.15, -0.1) is 0 Å². The van der Waals surface area contributed by atoms with Crippen LogP contribution < -0.4 is 10.2 Å². The van der Waals surface area contributed by atoms with Gasteiger partial charge in [-0.1, -0.05) is 0 Å². The molecular weight excluding hydrogens is 348 g/mol. The van der Waals surface area contributed by atoms with E-state index in [2.05, 4.69) is 10.2 Å². The van der Waals surface area contributed by atoms with E-state index in [1.54, 1.807) is 6.07 Å². The predicted molar refractivity (Wildman–Crippen MR) is 100 cm³/mol. The largest absolute Gasteiger partial charge is 0.419 e. The minimum absolute atomic E-state index is 0.107. The first-order valence-corrected chi connectivity index (χ1v) is 9.10. The van der Waals surface area contributed by atoms with Crippen molar-refractivity contribution in [1.82, 2.24) is 0 Å². The highest BCUT2D eigenvalue weighted by atomic mass is 16.7. The summed E-state index contributed by atoms with van der Waals surface area (Å²) in [6.07, 6.45) is 4.73. The van der Waals surface area contributed by atoms with Gasteiger partial charge >= 0.3 is 11.9 Å². The summed E-state index contributed by atoms with van der Waals surface area (Å²) in [7, 11) is 0. The molecule has 2 aliphatic heterocycles. The Morgan fingerprint density at radius 3 is 2.33 bits per heavy atom. The fourth-order valence-electron chi connectivity index (χ4n) is 3.23. The van der Waals surface area contributed by atoms with Gasteiger partial charge in [0.1, 0.15) is 0 Å². The highest BCUT2D eigenvalue weighted by Gasteiger charge is 2.39. The van der Waals surface area contributed by atoms with Crippen molar-refractivity contribution >= 4 is 29.1 Å². The molecule has 0 atom stereocenters. The molecule has 0 aliphatic carbocycles. The lowest BCUT2D eigenvalue weighted by molar-refractivity contribution is -0.222. The Morgan fingerprint density at radius 2 is 1.74 bits per heavy atom. The Balaban J connectivity index is 1.83. The zero-order valence-corrected chi connectivity index (χ0v) is 15.8. The van der Waals surface area contributed by atoms with E-state index in [1.165, 1.54) is 33.4 Å². The number of cyclic esters (lactones) is 2. The molecule has 3 rings (SSSR count). The van der Waals surface area contributed by atoms with E-state index >= 15 is 0 Å². The molecule has 7 heteroatoms. The summed E-state index contributed by atoms with van der Waals surface area (Å²) < 4.78 is 10.1. The molecule has 2 aliphatic rings. The molecule has 2 heterocycles. The standard InChI is InChI=1S/C20H24N2O5/c1-13(23)15-11-14(22-9-5-4-6-10-22)7-8-17(15)21-12-16-18(24)26-20(2,3)27-19(16)25/h7-8,11-12,21H,4-6,9-10H2,1-3H3. The van der Waals surface area contributed by atoms with Crippen LogP contribution in [0.4, 0.5) is 11.4 Å². The van der Waals surface area contributed by atoms with Crippen molar-refractivity contribution in [3.05, 3.63) is 35.5 Å². The van der Waals surface area contributed by atoms with E-state index in [0.717, 1.165) is 31.6 Å². The average molecular weight is 372 g/mol. The van der Waals surface area contributed by atoms with Crippen LogP contribution in [0, 0.1) is 0 Å². The second-order valence-corrected chi connectivity index (χ2v) is 7.22. The number of piperidine rings is 1. The molecule has 0 aromatic heterocycles. The third-order valence-electron chi connectivity index (χ3n) is 4.59. The highest BCUT2D eigenvalue weighted by molar-refractivity contribution is 6.15. The Labute approximate surface area is 158 Å². The van der Waals surface area contributed by atoms with Crippen molar-refractivity contribution in [3.8, 4) is 0 Å². The van der Waals surface area contributed by atoms with E-state index in [1.807, 2.05) is 12.1 Å².